The van der Waals surface area contributed by atoms with Gasteiger partial charge in [-0.1, -0.05) is 48.5 Å². The molecule has 1 heterocycles. The number of fused-ring (bicyclic) bond motifs is 7. The summed E-state index contributed by atoms with van der Waals surface area (Å²) in [5, 5.41) is 12.6. The van der Waals surface area contributed by atoms with Crippen LogP contribution in [0, 0.1) is 5.92 Å². The fraction of sp³-hybridized carbons (Fsp3) is 0.238. The second-order valence-electron chi connectivity index (χ2n) is 6.67. The van der Waals surface area contributed by atoms with Crippen molar-refractivity contribution in [3.8, 4) is 16.9 Å². The Hall–Kier alpha value is -2.32. The van der Waals surface area contributed by atoms with Crippen LogP contribution in [0.15, 0.2) is 54.6 Å². The van der Waals surface area contributed by atoms with Crippen LogP contribution in [0.2, 0.25) is 0 Å². The first-order valence-electron chi connectivity index (χ1n) is 8.23. The van der Waals surface area contributed by atoms with E-state index in [0.717, 1.165) is 30.4 Å². The number of hydrogen-bond donors (Lipinski definition) is 1. The maximum Gasteiger partial charge on any atom is 0.123 e. The Morgan fingerprint density at radius 3 is 2.61 bits per heavy atom. The van der Waals surface area contributed by atoms with Gasteiger partial charge in [-0.2, -0.15) is 0 Å². The number of phenolic OH excluding ortho intramolecular Hbond substituents is 1. The number of hydrogen-bond acceptors (Lipinski definition) is 2. The molecule has 2 aliphatic rings. The molecular weight excluding hydrogens is 284 g/mol. The molecule has 0 aromatic heterocycles. The normalized spacial score (nSPS) is 22.3. The third-order valence-electron chi connectivity index (χ3n) is 5.42. The monoisotopic (exact) mass is 302 g/mol. The Bertz CT molecular complexity index is 913. The van der Waals surface area contributed by atoms with Crippen molar-refractivity contribution in [3.63, 3.8) is 0 Å². The van der Waals surface area contributed by atoms with E-state index < -0.39 is 0 Å². The molecule has 2 heteroatoms. The van der Waals surface area contributed by atoms with Crippen molar-refractivity contribution in [1.82, 2.24) is 0 Å². The van der Waals surface area contributed by atoms with Gasteiger partial charge in [0.2, 0.25) is 0 Å². The van der Waals surface area contributed by atoms with Gasteiger partial charge in [-0.25, -0.2) is 0 Å². The Balaban J connectivity index is 1.94. The summed E-state index contributed by atoms with van der Waals surface area (Å²) in [4.78, 5) is 0. The standard InChI is InChI=1S/C21H18O2/c22-20-10-18-19-12-23-11-14(19)9-13-5-1-2-6-15(13)21(18)17-8-4-3-7-16(17)20/h1-8,10,14,19,22H,9,11-12H2. The molecule has 1 aliphatic carbocycles. The number of aromatic hydroxyl groups is 1. The van der Waals surface area contributed by atoms with Gasteiger partial charge in [0, 0.05) is 11.3 Å². The highest BCUT2D eigenvalue weighted by molar-refractivity contribution is 6.02. The zero-order valence-corrected chi connectivity index (χ0v) is 12.8. The fourth-order valence-corrected chi connectivity index (χ4v) is 4.34. The van der Waals surface area contributed by atoms with Crippen LogP contribution in [0.5, 0.6) is 5.75 Å². The lowest BCUT2D eigenvalue weighted by molar-refractivity contribution is 0.184. The molecule has 2 unspecified atom stereocenters. The van der Waals surface area contributed by atoms with Crippen molar-refractivity contribution in [2.24, 2.45) is 5.92 Å². The SMILES string of the molecule is Oc1cc2c(c3ccccc13)-c1ccccc1CC1COCC21. The number of benzene rings is 3. The second kappa shape index (κ2) is 4.84. The molecule has 0 saturated carbocycles. The van der Waals surface area contributed by atoms with Crippen molar-refractivity contribution in [2.75, 3.05) is 13.2 Å². The minimum Gasteiger partial charge on any atom is -0.507 e. The first-order valence-corrected chi connectivity index (χ1v) is 8.23. The molecule has 2 nitrogen and oxygen atoms in total. The zero-order valence-electron chi connectivity index (χ0n) is 12.8. The summed E-state index contributed by atoms with van der Waals surface area (Å²) >= 11 is 0. The van der Waals surface area contributed by atoms with E-state index in [0.29, 0.717) is 17.6 Å². The molecule has 1 fully saturated rings. The van der Waals surface area contributed by atoms with Gasteiger partial charge in [-0.05, 0) is 46.0 Å². The van der Waals surface area contributed by atoms with E-state index in [2.05, 4.69) is 36.4 Å². The van der Waals surface area contributed by atoms with Gasteiger partial charge in [0.25, 0.3) is 0 Å². The van der Waals surface area contributed by atoms with Gasteiger partial charge >= 0.3 is 0 Å². The van der Waals surface area contributed by atoms with E-state index >= 15 is 0 Å². The first kappa shape index (κ1) is 13.1. The molecule has 0 bridgehead atoms. The summed E-state index contributed by atoms with van der Waals surface area (Å²) in [6.07, 6.45) is 1.05. The molecule has 23 heavy (non-hydrogen) atoms. The third-order valence-corrected chi connectivity index (χ3v) is 5.42. The van der Waals surface area contributed by atoms with Crippen molar-refractivity contribution < 1.29 is 9.84 Å². The predicted octanol–water partition coefficient (Wildman–Crippen LogP) is 4.50. The highest BCUT2D eigenvalue weighted by Gasteiger charge is 2.35. The number of rotatable bonds is 0. The lowest BCUT2D eigenvalue weighted by atomic mass is 9.84. The Labute approximate surface area is 135 Å². The lowest BCUT2D eigenvalue weighted by Crippen LogP contribution is -2.11. The molecule has 0 spiro atoms. The van der Waals surface area contributed by atoms with Gasteiger partial charge in [-0.3, -0.25) is 0 Å². The molecule has 0 amide bonds. The van der Waals surface area contributed by atoms with Gasteiger partial charge in [0.15, 0.2) is 0 Å². The maximum absolute atomic E-state index is 10.5. The minimum atomic E-state index is 0.368. The van der Waals surface area contributed by atoms with Gasteiger partial charge in [0.1, 0.15) is 5.75 Å². The lowest BCUT2D eigenvalue weighted by Gasteiger charge is -2.19. The molecule has 1 N–H and O–H groups in total. The molecule has 5 rings (SSSR count). The van der Waals surface area contributed by atoms with E-state index in [1.807, 2.05) is 18.2 Å². The van der Waals surface area contributed by atoms with Crippen molar-refractivity contribution in [2.45, 2.75) is 12.3 Å². The highest BCUT2D eigenvalue weighted by atomic mass is 16.5. The summed E-state index contributed by atoms with van der Waals surface area (Å²) in [6.45, 7) is 1.56. The smallest absolute Gasteiger partial charge is 0.123 e. The van der Waals surface area contributed by atoms with Crippen LogP contribution in [0.1, 0.15) is 17.0 Å². The molecule has 0 radical (unpaired) electrons. The maximum atomic E-state index is 10.5. The van der Waals surface area contributed by atoms with E-state index in [1.54, 1.807) is 0 Å². The average Bonchev–Trinajstić information content (AvgIpc) is 2.99. The summed E-state index contributed by atoms with van der Waals surface area (Å²) in [5.41, 5.74) is 5.23. The van der Waals surface area contributed by atoms with Crippen molar-refractivity contribution in [1.29, 1.82) is 0 Å². The Morgan fingerprint density at radius 2 is 1.70 bits per heavy atom. The summed E-state index contributed by atoms with van der Waals surface area (Å²) in [5.74, 6) is 1.25. The largest absolute Gasteiger partial charge is 0.507 e. The van der Waals surface area contributed by atoms with E-state index in [-0.39, 0.29) is 0 Å². The van der Waals surface area contributed by atoms with E-state index in [4.69, 9.17) is 4.74 Å². The van der Waals surface area contributed by atoms with Crippen LogP contribution in [0.25, 0.3) is 21.9 Å². The van der Waals surface area contributed by atoms with E-state index in [1.165, 1.54) is 22.3 Å². The molecule has 3 aromatic rings. The van der Waals surface area contributed by atoms with Gasteiger partial charge in [0.05, 0.1) is 13.2 Å². The number of phenols is 1. The molecular formula is C21H18O2. The third kappa shape index (κ3) is 1.85. The highest BCUT2D eigenvalue weighted by Crippen LogP contribution is 2.48. The van der Waals surface area contributed by atoms with E-state index in [9.17, 15) is 5.11 Å². The Morgan fingerprint density at radius 1 is 0.913 bits per heavy atom. The minimum absolute atomic E-state index is 0.368. The summed E-state index contributed by atoms with van der Waals surface area (Å²) in [7, 11) is 0. The molecule has 2 atom stereocenters. The molecule has 1 aliphatic heterocycles. The molecule has 114 valence electrons. The molecule has 3 aromatic carbocycles. The topological polar surface area (TPSA) is 29.5 Å². The predicted molar refractivity (Wildman–Crippen MR) is 91.8 cm³/mol. The van der Waals surface area contributed by atoms with Crippen LogP contribution >= 0.6 is 0 Å². The Kier molecular flexibility index (Phi) is 2.77. The van der Waals surface area contributed by atoms with Crippen LogP contribution in [-0.4, -0.2) is 18.3 Å². The summed E-state index contributed by atoms with van der Waals surface area (Å²) < 4.78 is 5.79. The van der Waals surface area contributed by atoms with Crippen LogP contribution in [0.4, 0.5) is 0 Å². The van der Waals surface area contributed by atoms with Gasteiger partial charge in [-0.15, -0.1) is 0 Å². The van der Waals surface area contributed by atoms with Crippen molar-refractivity contribution in [3.05, 3.63) is 65.7 Å². The quantitative estimate of drug-likeness (QED) is 0.662. The second-order valence-corrected chi connectivity index (χ2v) is 6.67. The zero-order chi connectivity index (χ0) is 15.4. The van der Waals surface area contributed by atoms with Crippen LogP contribution in [-0.2, 0) is 11.2 Å². The average molecular weight is 302 g/mol. The van der Waals surface area contributed by atoms with Gasteiger partial charge < -0.3 is 9.84 Å². The van der Waals surface area contributed by atoms with Crippen LogP contribution < -0.4 is 0 Å². The summed E-state index contributed by atoms with van der Waals surface area (Å²) in [6, 6.07) is 18.8. The van der Waals surface area contributed by atoms with Crippen LogP contribution in [0.3, 0.4) is 0 Å². The van der Waals surface area contributed by atoms with Crippen molar-refractivity contribution >= 4 is 10.8 Å². The molecule has 1 saturated heterocycles. The first-order chi connectivity index (χ1) is 11.3. The number of ether oxygens (including phenoxy) is 1. The fourth-order valence-electron chi connectivity index (χ4n) is 4.34.